The summed E-state index contributed by atoms with van der Waals surface area (Å²) in [6, 6.07) is 0. The van der Waals surface area contributed by atoms with Crippen molar-refractivity contribution in [2.24, 2.45) is 10.9 Å². The molecule has 0 aromatic carbocycles. The fourth-order valence-corrected chi connectivity index (χ4v) is 0.911. The minimum absolute atomic E-state index is 0.269. The first kappa shape index (κ1) is 7.48. The zero-order valence-electron chi connectivity index (χ0n) is 5.67. The Morgan fingerprint density at radius 1 is 1.90 bits per heavy atom. The van der Waals surface area contributed by atoms with Gasteiger partial charge in [-0.15, -0.1) is 0 Å². The van der Waals surface area contributed by atoms with E-state index in [1.165, 1.54) is 0 Å². The van der Waals surface area contributed by atoms with Gasteiger partial charge in [0.1, 0.15) is 0 Å². The quantitative estimate of drug-likeness (QED) is 0.529. The molecular weight excluding hydrogens is 150 g/mol. The first-order chi connectivity index (χ1) is 4.74. The minimum atomic E-state index is 0.269. The molecule has 0 amide bonds. The normalized spacial score (nSPS) is 25.2. The molecule has 0 saturated carbocycles. The van der Waals surface area contributed by atoms with Crippen LogP contribution in [0.25, 0.3) is 0 Å². The van der Waals surface area contributed by atoms with Crippen molar-refractivity contribution in [2.45, 2.75) is 6.92 Å². The molecule has 0 aromatic heterocycles. The van der Waals surface area contributed by atoms with E-state index >= 15 is 0 Å². The van der Waals surface area contributed by atoms with Crippen LogP contribution in [0.2, 0.25) is 0 Å². The van der Waals surface area contributed by atoms with Gasteiger partial charge >= 0.3 is 0 Å². The highest BCUT2D eigenvalue weighted by Crippen LogP contribution is 2.18. The van der Waals surface area contributed by atoms with Crippen molar-refractivity contribution in [3.63, 3.8) is 0 Å². The number of hydrogen-bond donors (Lipinski definition) is 0. The lowest BCUT2D eigenvalue weighted by molar-refractivity contribution is -0.102. The smallest absolute Gasteiger partial charge is 0.168 e. The summed E-state index contributed by atoms with van der Waals surface area (Å²) in [5.41, 5.74) is 0.447. The molecular formula is C7H8ClNO. The largest absolute Gasteiger partial charge is 0.296 e. The van der Waals surface area contributed by atoms with Gasteiger partial charge < -0.3 is 0 Å². The van der Waals surface area contributed by atoms with Crippen LogP contribution in [0.4, 0.5) is 0 Å². The third-order valence-electron chi connectivity index (χ3n) is 1.43. The van der Waals surface area contributed by atoms with Crippen LogP contribution in [0.15, 0.2) is 16.1 Å². The summed E-state index contributed by atoms with van der Waals surface area (Å²) < 4.78 is 0. The summed E-state index contributed by atoms with van der Waals surface area (Å²) in [4.78, 5) is 14.1. The maximum Gasteiger partial charge on any atom is 0.168 e. The van der Waals surface area contributed by atoms with Crippen LogP contribution in [0.3, 0.4) is 0 Å². The van der Waals surface area contributed by atoms with Crippen molar-refractivity contribution in [1.29, 1.82) is 0 Å². The maximum absolute atomic E-state index is 10.2. The number of aliphatic imine (C=N–C) groups is 1. The zero-order chi connectivity index (χ0) is 7.56. The zero-order valence-corrected chi connectivity index (χ0v) is 6.43. The van der Waals surface area contributed by atoms with Gasteiger partial charge in [0.25, 0.3) is 0 Å². The van der Waals surface area contributed by atoms with Crippen LogP contribution < -0.4 is 0 Å². The molecule has 0 spiro atoms. The average molecular weight is 158 g/mol. The molecule has 0 bridgehead atoms. The molecule has 1 aliphatic rings. The highest BCUT2D eigenvalue weighted by molar-refractivity contribution is 6.39. The Morgan fingerprint density at radius 3 is 3.10 bits per heavy atom. The van der Waals surface area contributed by atoms with E-state index in [4.69, 9.17) is 11.6 Å². The van der Waals surface area contributed by atoms with Gasteiger partial charge in [0.2, 0.25) is 0 Å². The lowest BCUT2D eigenvalue weighted by Crippen LogP contribution is -2.10. The molecule has 10 heavy (non-hydrogen) atoms. The number of dihydropyridines is 1. The van der Waals surface area contributed by atoms with Gasteiger partial charge in [0, 0.05) is 17.5 Å². The standard InChI is InChI=1S/C7H8ClNO/c1-5-3-9-6(4-10)2-7(5)8/h2,4-5H,3H2,1H3. The monoisotopic (exact) mass is 157 g/mol. The second kappa shape index (κ2) is 2.97. The molecule has 2 nitrogen and oxygen atoms in total. The fraction of sp³-hybridized carbons (Fsp3) is 0.429. The number of halogens is 1. The van der Waals surface area contributed by atoms with Crippen molar-refractivity contribution < 1.29 is 4.79 Å². The Kier molecular flexibility index (Phi) is 2.22. The number of hydrogen-bond acceptors (Lipinski definition) is 2. The molecule has 3 heteroatoms. The minimum Gasteiger partial charge on any atom is -0.296 e. The molecule has 0 aliphatic carbocycles. The molecule has 0 aromatic rings. The fourth-order valence-electron chi connectivity index (χ4n) is 0.730. The molecule has 1 rings (SSSR count). The first-order valence-electron chi connectivity index (χ1n) is 3.10. The van der Waals surface area contributed by atoms with E-state index in [0.29, 0.717) is 18.5 Å². The average Bonchev–Trinajstić information content (AvgIpc) is 1.95. The molecule has 1 unspecified atom stereocenters. The Balaban J connectivity index is 2.78. The van der Waals surface area contributed by atoms with Gasteiger partial charge in [-0.1, -0.05) is 18.5 Å². The SMILES string of the molecule is CC1CN=C(C=O)C=C1Cl. The van der Waals surface area contributed by atoms with Crippen LogP contribution >= 0.6 is 11.6 Å². The van der Waals surface area contributed by atoms with Crippen molar-refractivity contribution in [3.8, 4) is 0 Å². The van der Waals surface area contributed by atoms with Crippen LogP contribution in [0.5, 0.6) is 0 Å². The molecule has 54 valence electrons. The number of allylic oxidation sites excluding steroid dienone is 1. The third-order valence-corrected chi connectivity index (χ3v) is 1.91. The predicted octanol–water partition coefficient (Wildman–Crippen LogP) is 1.40. The summed E-state index contributed by atoms with van der Waals surface area (Å²) in [6.45, 7) is 2.60. The molecule has 0 N–H and O–H groups in total. The van der Waals surface area contributed by atoms with Gasteiger partial charge in [0.15, 0.2) is 6.29 Å². The molecule has 0 radical (unpaired) electrons. The topological polar surface area (TPSA) is 29.4 Å². The Morgan fingerprint density at radius 2 is 2.60 bits per heavy atom. The van der Waals surface area contributed by atoms with Gasteiger partial charge in [-0.2, -0.15) is 0 Å². The van der Waals surface area contributed by atoms with Crippen molar-refractivity contribution in [1.82, 2.24) is 0 Å². The number of carbonyl (C=O) groups excluding carboxylic acids is 1. The van der Waals surface area contributed by atoms with Crippen LogP contribution in [0, 0.1) is 5.92 Å². The van der Waals surface area contributed by atoms with E-state index in [-0.39, 0.29) is 5.92 Å². The molecule has 1 heterocycles. The van der Waals surface area contributed by atoms with E-state index in [2.05, 4.69) is 4.99 Å². The van der Waals surface area contributed by atoms with Crippen LogP contribution in [-0.2, 0) is 4.79 Å². The summed E-state index contributed by atoms with van der Waals surface area (Å²) in [5, 5.41) is 0.720. The van der Waals surface area contributed by atoms with Crippen molar-refractivity contribution in [3.05, 3.63) is 11.1 Å². The molecule has 0 fully saturated rings. The number of carbonyl (C=O) groups is 1. The summed E-state index contributed by atoms with van der Waals surface area (Å²) >= 11 is 5.76. The third kappa shape index (κ3) is 1.45. The van der Waals surface area contributed by atoms with Gasteiger partial charge in [-0.3, -0.25) is 9.79 Å². The highest BCUT2D eigenvalue weighted by Gasteiger charge is 2.11. The second-order valence-corrected chi connectivity index (χ2v) is 2.75. The number of aldehydes is 1. The van der Waals surface area contributed by atoms with Gasteiger partial charge in [-0.25, -0.2) is 0 Å². The van der Waals surface area contributed by atoms with Crippen molar-refractivity contribution in [2.75, 3.05) is 6.54 Å². The van der Waals surface area contributed by atoms with E-state index in [1.54, 1.807) is 6.08 Å². The Labute approximate surface area is 64.6 Å². The van der Waals surface area contributed by atoms with E-state index in [9.17, 15) is 4.79 Å². The highest BCUT2D eigenvalue weighted by atomic mass is 35.5. The lowest BCUT2D eigenvalue weighted by atomic mass is 10.1. The summed E-state index contributed by atoms with van der Waals surface area (Å²) in [6.07, 6.45) is 2.33. The van der Waals surface area contributed by atoms with Gasteiger partial charge in [-0.05, 0) is 6.08 Å². The predicted molar refractivity (Wildman–Crippen MR) is 41.5 cm³/mol. The number of rotatable bonds is 1. The molecule has 1 aliphatic heterocycles. The number of nitrogens with zero attached hydrogens (tertiary/aromatic N) is 1. The first-order valence-corrected chi connectivity index (χ1v) is 3.48. The molecule has 0 saturated heterocycles. The summed E-state index contributed by atoms with van der Waals surface area (Å²) in [5.74, 6) is 0.269. The summed E-state index contributed by atoms with van der Waals surface area (Å²) in [7, 11) is 0. The molecule has 1 atom stereocenters. The Hall–Kier alpha value is -0.630. The van der Waals surface area contributed by atoms with E-state index in [0.717, 1.165) is 5.03 Å². The van der Waals surface area contributed by atoms with E-state index < -0.39 is 0 Å². The second-order valence-electron chi connectivity index (χ2n) is 2.31. The lowest BCUT2D eigenvalue weighted by Gasteiger charge is -2.11. The van der Waals surface area contributed by atoms with E-state index in [1.807, 2.05) is 6.92 Å². The van der Waals surface area contributed by atoms with Gasteiger partial charge in [0.05, 0.1) is 5.71 Å². The van der Waals surface area contributed by atoms with Crippen LogP contribution in [-0.4, -0.2) is 18.5 Å². The van der Waals surface area contributed by atoms with Crippen LogP contribution in [0.1, 0.15) is 6.92 Å². The van der Waals surface area contributed by atoms with Crippen molar-refractivity contribution >= 4 is 23.6 Å². The Bertz CT molecular complexity index is 208. The maximum atomic E-state index is 10.2.